The predicted molar refractivity (Wildman–Crippen MR) is 104 cm³/mol. The summed E-state index contributed by atoms with van der Waals surface area (Å²) in [6, 6.07) is 9.93. The Morgan fingerprint density at radius 2 is 1.58 bits per heavy atom. The number of hydrogen-bond acceptors (Lipinski definition) is 7. The van der Waals surface area contributed by atoms with Crippen LogP contribution in [0.15, 0.2) is 42.7 Å². The first-order valence-corrected chi connectivity index (χ1v) is 9.24. The number of anilines is 2. The summed E-state index contributed by atoms with van der Waals surface area (Å²) in [4.78, 5) is 8.71. The maximum atomic E-state index is 4.94. The quantitative estimate of drug-likeness (QED) is 0.752. The molecule has 1 N–H and O–H groups in total. The number of hydrogen-bond donors (Lipinski definition) is 1. The van der Waals surface area contributed by atoms with Crippen molar-refractivity contribution in [3.63, 3.8) is 0 Å². The first kappa shape index (κ1) is 18.4. The number of aryl methyl sites for hydroxylation is 2. The van der Waals surface area contributed by atoms with Gasteiger partial charge in [0.2, 0.25) is 0 Å². The number of nitrogens with one attached hydrogen (secondary N) is 1. The molecule has 3 aromatic heterocycles. The van der Waals surface area contributed by atoms with E-state index in [0.717, 1.165) is 59.8 Å². The highest BCUT2D eigenvalue weighted by Gasteiger charge is 2.09. The number of rotatable bonds is 3. The van der Waals surface area contributed by atoms with Crippen molar-refractivity contribution >= 4 is 22.4 Å². The lowest BCUT2D eigenvalue weighted by molar-refractivity contribution is -0.0334. The second-order valence-corrected chi connectivity index (χ2v) is 6.57. The van der Waals surface area contributed by atoms with E-state index in [1.54, 1.807) is 12.4 Å². The normalized spacial score (nSPS) is 13.6. The lowest BCUT2D eigenvalue weighted by Gasteiger charge is -2.09. The van der Waals surface area contributed by atoms with Crippen molar-refractivity contribution in [1.82, 2.24) is 14.3 Å². The van der Waals surface area contributed by atoms with Crippen molar-refractivity contribution in [3.8, 4) is 11.4 Å². The third-order valence-corrected chi connectivity index (χ3v) is 4.46. The van der Waals surface area contributed by atoms with E-state index in [1.807, 2.05) is 44.2 Å². The van der Waals surface area contributed by atoms with Crippen LogP contribution in [0.4, 0.5) is 10.8 Å². The monoisotopic (exact) mass is 370 g/mol. The van der Waals surface area contributed by atoms with Gasteiger partial charge in [-0.25, -0.2) is 4.98 Å². The average Bonchev–Trinajstić information content (AvgIpc) is 3.14. The lowest BCUT2D eigenvalue weighted by Crippen LogP contribution is -2.16. The van der Waals surface area contributed by atoms with E-state index in [2.05, 4.69) is 19.7 Å². The molecule has 0 spiro atoms. The molecule has 0 aliphatic carbocycles. The summed E-state index contributed by atoms with van der Waals surface area (Å²) in [5.41, 5.74) is 4.05. The zero-order chi connectivity index (χ0) is 18.2. The van der Waals surface area contributed by atoms with E-state index in [-0.39, 0.29) is 0 Å². The molecule has 4 heterocycles. The van der Waals surface area contributed by atoms with E-state index in [9.17, 15) is 0 Å². The molecule has 136 valence electrons. The first-order chi connectivity index (χ1) is 12.7. The smallest absolute Gasteiger partial charge is 0.133 e. The third-order valence-electron chi connectivity index (χ3n) is 3.76. The molecule has 1 aliphatic heterocycles. The Hall–Kier alpha value is -2.35. The summed E-state index contributed by atoms with van der Waals surface area (Å²) in [6.07, 6.45) is 3.57. The molecule has 0 saturated carbocycles. The van der Waals surface area contributed by atoms with Gasteiger partial charge in [-0.2, -0.15) is 4.37 Å². The van der Waals surface area contributed by atoms with Crippen molar-refractivity contribution in [3.05, 3.63) is 53.9 Å². The molecule has 4 rings (SSSR count). The Morgan fingerprint density at radius 3 is 2.19 bits per heavy atom. The van der Waals surface area contributed by atoms with E-state index >= 15 is 0 Å². The van der Waals surface area contributed by atoms with E-state index in [0.29, 0.717) is 0 Å². The molecule has 1 fully saturated rings. The molecule has 1 saturated heterocycles. The number of pyridine rings is 2. The lowest BCUT2D eigenvalue weighted by atomic mass is 10.2. The molecule has 0 amide bonds. The van der Waals surface area contributed by atoms with E-state index < -0.39 is 0 Å². The van der Waals surface area contributed by atoms with Crippen LogP contribution in [0.5, 0.6) is 0 Å². The van der Waals surface area contributed by atoms with Crippen molar-refractivity contribution in [1.29, 1.82) is 0 Å². The Morgan fingerprint density at radius 1 is 0.923 bits per heavy atom. The molecule has 0 bridgehead atoms. The molecule has 0 unspecified atom stereocenters. The molecular formula is C19H22N4O2S. The van der Waals surface area contributed by atoms with Crippen molar-refractivity contribution in [2.45, 2.75) is 13.8 Å². The fraction of sp³-hybridized carbons (Fsp3) is 0.316. The van der Waals surface area contributed by atoms with Gasteiger partial charge in [-0.05, 0) is 48.6 Å². The highest BCUT2D eigenvalue weighted by molar-refractivity contribution is 7.10. The summed E-state index contributed by atoms with van der Waals surface area (Å²) in [7, 11) is 0. The second kappa shape index (κ2) is 9.38. The SMILES string of the molecule is C1COCCO1.Cc1cccnc1Nc1cc(-c2ncccc2C)ns1. The molecule has 0 atom stereocenters. The maximum Gasteiger partial charge on any atom is 0.133 e. The van der Waals surface area contributed by atoms with Crippen molar-refractivity contribution < 1.29 is 9.47 Å². The van der Waals surface area contributed by atoms with Crippen molar-refractivity contribution in [2.24, 2.45) is 0 Å². The molecule has 1 aliphatic rings. The van der Waals surface area contributed by atoms with Gasteiger partial charge in [0, 0.05) is 18.5 Å². The molecule has 6 nitrogen and oxygen atoms in total. The van der Waals surface area contributed by atoms with Crippen LogP contribution in [0.1, 0.15) is 11.1 Å². The molecule has 7 heteroatoms. The fourth-order valence-electron chi connectivity index (χ4n) is 2.37. The van der Waals surface area contributed by atoms with Crippen LogP contribution in [0.2, 0.25) is 0 Å². The highest BCUT2D eigenvalue weighted by Crippen LogP contribution is 2.28. The Labute approximate surface area is 157 Å². The predicted octanol–water partition coefficient (Wildman–Crippen LogP) is 3.99. The Kier molecular flexibility index (Phi) is 6.65. The van der Waals surface area contributed by atoms with E-state index in [1.165, 1.54) is 11.5 Å². The van der Waals surface area contributed by atoms with Crippen LogP contribution in [0, 0.1) is 13.8 Å². The van der Waals surface area contributed by atoms with Crippen LogP contribution in [-0.4, -0.2) is 40.8 Å². The van der Waals surface area contributed by atoms with Gasteiger partial charge < -0.3 is 14.8 Å². The Bertz CT molecular complexity index is 822. The van der Waals surface area contributed by atoms with Crippen molar-refractivity contribution in [2.75, 3.05) is 31.7 Å². The summed E-state index contributed by atoms with van der Waals surface area (Å²) in [5, 5.41) is 4.26. The molecule has 3 aromatic rings. The minimum Gasteiger partial charge on any atom is -0.377 e. The molecule has 0 radical (unpaired) electrons. The summed E-state index contributed by atoms with van der Waals surface area (Å²) in [5.74, 6) is 0.862. The van der Waals surface area contributed by atoms with Gasteiger partial charge in [0.25, 0.3) is 0 Å². The largest absolute Gasteiger partial charge is 0.377 e. The number of aromatic nitrogens is 3. The zero-order valence-corrected chi connectivity index (χ0v) is 15.8. The zero-order valence-electron chi connectivity index (χ0n) is 14.9. The van der Waals surface area contributed by atoms with Gasteiger partial charge in [0.15, 0.2) is 0 Å². The molecule has 0 aromatic carbocycles. The number of ether oxygens (including phenoxy) is 2. The fourth-order valence-corrected chi connectivity index (χ4v) is 3.02. The van der Waals surface area contributed by atoms with Gasteiger partial charge in [-0.1, -0.05) is 12.1 Å². The first-order valence-electron chi connectivity index (χ1n) is 8.47. The summed E-state index contributed by atoms with van der Waals surface area (Å²) >= 11 is 1.42. The van der Waals surface area contributed by atoms with Gasteiger partial charge in [-0.3, -0.25) is 4.98 Å². The van der Waals surface area contributed by atoms with Gasteiger partial charge in [-0.15, -0.1) is 0 Å². The molecular weight excluding hydrogens is 348 g/mol. The maximum absolute atomic E-state index is 4.94. The van der Waals surface area contributed by atoms with Gasteiger partial charge >= 0.3 is 0 Å². The minimum atomic E-state index is 0.778. The van der Waals surface area contributed by atoms with E-state index in [4.69, 9.17) is 9.47 Å². The van der Waals surface area contributed by atoms with Gasteiger partial charge in [0.1, 0.15) is 16.5 Å². The van der Waals surface area contributed by atoms with Crippen LogP contribution in [0.3, 0.4) is 0 Å². The average molecular weight is 370 g/mol. The summed E-state index contributed by atoms with van der Waals surface area (Å²) in [6.45, 7) is 7.18. The molecule has 26 heavy (non-hydrogen) atoms. The third kappa shape index (κ3) is 5.08. The van der Waals surface area contributed by atoms with Crippen LogP contribution < -0.4 is 5.32 Å². The highest BCUT2D eigenvalue weighted by atomic mass is 32.1. The van der Waals surface area contributed by atoms with Crippen LogP contribution in [0.25, 0.3) is 11.4 Å². The second-order valence-electron chi connectivity index (χ2n) is 5.76. The topological polar surface area (TPSA) is 69.2 Å². The van der Waals surface area contributed by atoms with Crippen LogP contribution >= 0.6 is 11.5 Å². The number of nitrogens with zero attached hydrogens (tertiary/aromatic N) is 3. The minimum absolute atomic E-state index is 0.778. The van der Waals surface area contributed by atoms with Crippen LogP contribution in [-0.2, 0) is 9.47 Å². The van der Waals surface area contributed by atoms with Gasteiger partial charge in [0.05, 0.1) is 32.1 Å². The Balaban J connectivity index is 0.000000278. The standard InChI is InChI=1S/C15H14N4S.C4H8O2/c1-10-5-3-7-16-14(10)12-9-13(20-19-12)18-15-11(2)6-4-8-17-15;1-2-6-4-3-5-1/h3-9H,1-2H3,(H,17,18);1-4H2. The summed E-state index contributed by atoms with van der Waals surface area (Å²) < 4.78 is 14.4.